The predicted octanol–water partition coefficient (Wildman–Crippen LogP) is 2.02. The minimum Gasteiger partial charge on any atom is -0.338 e. The first-order chi connectivity index (χ1) is 9.61. The van der Waals surface area contributed by atoms with Crippen molar-refractivity contribution in [3.8, 4) is 0 Å². The second-order valence-corrected chi connectivity index (χ2v) is 5.69. The summed E-state index contributed by atoms with van der Waals surface area (Å²) in [7, 11) is 0. The highest BCUT2D eigenvalue weighted by Crippen LogP contribution is 2.49. The molecule has 1 amide bonds. The second-order valence-electron chi connectivity index (χ2n) is 5.69. The maximum atomic E-state index is 13.2. The van der Waals surface area contributed by atoms with E-state index in [-0.39, 0.29) is 23.8 Å². The standard InChI is InChI=1S/C15H18F2N2O/c16-13-4-3-9(6-14(13)17)11-7-12(11)15(20)19-5-1-2-10(19)8-18/h3-4,6,10-12H,1-2,5,7-8,18H2/t10-,11+,12+/m0/s1. The highest BCUT2D eigenvalue weighted by Gasteiger charge is 2.47. The lowest BCUT2D eigenvalue weighted by Crippen LogP contribution is -2.40. The molecule has 2 aliphatic rings. The SMILES string of the molecule is NC[C@@H]1CCCN1C(=O)[C@@H]1C[C@@H]1c1ccc(F)c(F)c1. The smallest absolute Gasteiger partial charge is 0.226 e. The van der Waals surface area contributed by atoms with Crippen molar-refractivity contribution in [1.29, 1.82) is 0 Å². The van der Waals surface area contributed by atoms with Gasteiger partial charge in [0.1, 0.15) is 0 Å². The van der Waals surface area contributed by atoms with Crippen LogP contribution in [0.4, 0.5) is 8.78 Å². The Morgan fingerprint density at radius 3 is 2.85 bits per heavy atom. The van der Waals surface area contributed by atoms with Gasteiger partial charge in [-0.3, -0.25) is 4.79 Å². The van der Waals surface area contributed by atoms with Crippen LogP contribution in [-0.2, 0) is 4.79 Å². The number of amides is 1. The average Bonchev–Trinajstić information content (AvgIpc) is 3.10. The van der Waals surface area contributed by atoms with Crippen LogP contribution in [0.5, 0.6) is 0 Å². The van der Waals surface area contributed by atoms with Gasteiger partial charge in [0.2, 0.25) is 5.91 Å². The number of benzene rings is 1. The lowest BCUT2D eigenvalue weighted by atomic mass is 10.1. The van der Waals surface area contributed by atoms with Crippen LogP contribution in [0.15, 0.2) is 18.2 Å². The van der Waals surface area contributed by atoms with Gasteiger partial charge in [-0.1, -0.05) is 6.07 Å². The maximum absolute atomic E-state index is 13.2. The first-order valence-corrected chi connectivity index (χ1v) is 7.07. The van der Waals surface area contributed by atoms with Gasteiger partial charge in [0.15, 0.2) is 11.6 Å². The van der Waals surface area contributed by atoms with Crippen LogP contribution < -0.4 is 5.73 Å². The number of nitrogens with zero attached hydrogens (tertiary/aromatic N) is 1. The van der Waals surface area contributed by atoms with Gasteiger partial charge in [-0.05, 0) is 42.9 Å². The summed E-state index contributed by atoms with van der Waals surface area (Å²) in [5.41, 5.74) is 6.39. The lowest BCUT2D eigenvalue weighted by molar-refractivity contribution is -0.133. The Morgan fingerprint density at radius 1 is 1.35 bits per heavy atom. The van der Waals surface area contributed by atoms with Crippen LogP contribution in [0.1, 0.15) is 30.7 Å². The van der Waals surface area contributed by atoms with E-state index in [0.29, 0.717) is 12.1 Å². The van der Waals surface area contributed by atoms with E-state index >= 15 is 0 Å². The zero-order chi connectivity index (χ0) is 14.3. The third-order valence-corrected chi connectivity index (χ3v) is 4.41. The van der Waals surface area contributed by atoms with Crippen LogP contribution in [0.3, 0.4) is 0 Å². The largest absolute Gasteiger partial charge is 0.338 e. The molecule has 1 heterocycles. The average molecular weight is 280 g/mol. The molecule has 2 N–H and O–H groups in total. The van der Waals surface area contributed by atoms with Crippen molar-refractivity contribution < 1.29 is 13.6 Å². The fraction of sp³-hybridized carbons (Fsp3) is 0.533. The van der Waals surface area contributed by atoms with Crippen molar-refractivity contribution in [2.24, 2.45) is 11.7 Å². The number of carbonyl (C=O) groups excluding carboxylic acids is 1. The first-order valence-electron chi connectivity index (χ1n) is 7.07. The Hall–Kier alpha value is -1.49. The van der Waals surface area contributed by atoms with Crippen molar-refractivity contribution in [3.63, 3.8) is 0 Å². The third kappa shape index (κ3) is 2.30. The highest BCUT2D eigenvalue weighted by molar-refractivity contribution is 5.83. The molecule has 20 heavy (non-hydrogen) atoms. The summed E-state index contributed by atoms with van der Waals surface area (Å²) in [5, 5.41) is 0. The third-order valence-electron chi connectivity index (χ3n) is 4.41. The van der Waals surface area contributed by atoms with Gasteiger partial charge in [-0.25, -0.2) is 8.78 Å². The Bertz CT molecular complexity index is 535. The summed E-state index contributed by atoms with van der Waals surface area (Å²) in [4.78, 5) is 14.3. The Morgan fingerprint density at radius 2 is 2.15 bits per heavy atom. The van der Waals surface area contributed by atoms with Crippen LogP contribution >= 0.6 is 0 Å². The summed E-state index contributed by atoms with van der Waals surface area (Å²) < 4.78 is 26.1. The molecule has 0 bridgehead atoms. The molecule has 0 aromatic heterocycles. The van der Waals surface area contributed by atoms with Gasteiger partial charge < -0.3 is 10.6 Å². The van der Waals surface area contributed by atoms with Crippen molar-refractivity contribution in [3.05, 3.63) is 35.4 Å². The van der Waals surface area contributed by atoms with Gasteiger partial charge in [-0.2, -0.15) is 0 Å². The fourth-order valence-corrected chi connectivity index (χ4v) is 3.16. The van der Waals surface area contributed by atoms with Gasteiger partial charge in [0, 0.05) is 25.0 Å². The molecule has 1 aliphatic carbocycles. The van der Waals surface area contributed by atoms with E-state index in [4.69, 9.17) is 5.73 Å². The molecule has 0 spiro atoms. The molecular formula is C15H18F2N2O. The van der Waals surface area contributed by atoms with Crippen molar-refractivity contribution in [2.75, 3.05) is 13.1 Å². The molecule has 0 radical (unpaired) electrons. The molecule has 1 saturated carbocycles. The number of rotatable bonds is 3. The Labute approximate surface area is 116 Å². The topological polar surface area (TPSA) is 46.3 Å². The van der Waals surface area contributed by atoms with E-state index in [0.717, 1.165) is 31.9 Å². The van der Waals surface area contributed by atoms with Gasteiger partial charge in [-0.15, -0.1) is 0 Å². The van der Waals surface area contributed by atoms with Crippen LogP contribution in [-0.4, -0.2) is 29.9 Å². The number of halogens is 2. The van der Waals surface area contributed by atoms with Gasteiger partial charge in [0.05, 0.1) is 0 Å². The van der Waals surface area contributed by atoms with Gasteiger partial charge in [0.25, 0.3) is 0 Å². The quantitative estimate of drug-likeness (QED) is 0.920. The number of likely N-dealkylation sites (tertiary alicyclic amines) is 1. The molecule has 1 aromatic carbocycles. The molecule has 2 fully saturated rings. The van der Waals surface area contributed by atoms with E-state index in [1.54, 1.807) is 6.07 Å². The number of hydrogen-bond acceptors (Lipinski definition) is 2. The molecule has 3 rings (SSSR count). The number of nitrogens with two attached hydrogens (primary N) is 1. The number of carbonyl (C=O) groups is 1. The van der Waals surface area contributed by atoms with E-state index in [1.807, 2.05) is 4.90 Å². The lowest BCUT2D eigenvalue weighted by Gasteiger charge is -2.23. The van der Waals surface area contributed by atoms with E-state index in [2.05, 4.69) is 0 Å². The first kappa shape index (κ1) is 13.5. The van der Waals surface area contributed by atoms with Crippen molar-refractivity contribution in [1.82, 2.24) is 4.90 Å². The summed E-state index contributed by atoms with van der Waals surface area (Å²) >= 11 is 0. The monoisotopic (exact) mass is 280 g/mol. The van der Waals surface area contributed by atoms with E-state index in [1.165, 1.54) is 6.07 Å². The highest BCUT2D eigenvalue weighted by atomic mass is 19.2. The van der Waals surface area contributed by atoms with Crippen LogP contribution in [0, 0.1) is 17.6 Å². The molecule has 3 nitrogen and oxygen atoms in total. The molecule has 1 aliphatic heterocycles. The summed E-state index contributed by atoms with van der Waals surface area (Å²) in [6.07, 6.45) is 2.68. The minimum atomic E-state index is -0.847. The Kier molecular flexibility index (Phi) is 3.46. The zero-order valence-corrected chi connectivity index (χ0v) is 11.2. The molecule has 1 aromatic rings. The van der Waals surface area contributed by atoms with E-state index in [9.17, 15) is 13.6 Å². The summed E-state index contributed by atoms with van der Waals surface area (Å²) in [6.45, 7) is 1.26. The zero-order valence-electron chi connectivity index (χ0n) is 11.2. The maximum Gasteiger partial charge on any atom is 0.226 e. The van der Waals surface area contributed by atoms with Crippen LogP contribution in [0.25, 0.3) is 0 Å². The van der Waals surface area contributed by atoms with Gasteiger partial charge >= 0.3 is 0 Å². The number of hydrogen-bond donors (Lipinski definition) is 1. The predicted molar refractivity (Wildman–Crippen MR) is 71.0 cm³/mol. The Balaban J connectivity index is 1.69. The van der Waals surface area contributed by atoms with E-state index < -0.39 is 11.6 Å². The molecule has 3 atom stereocenters. The fourth-order valence-electron chi connectivity index (χ4n) is 3.16. The van der Waals surface area contributed by atoms with Crippen LogP contribution in [0.2, 0.25) is 0 Å². The molecule has 1 saturated heterocycles. The van der Waals surface area contributed by atoms with Crippen molar-refractivity contribution >= 4 is 5.91 Å². The molecule has 108 valence electrons. The second kappa shape index (κ2) is 5.13. The molecular weight excluding hydrogens is 262 g/mol. The normalized spacial score (nSPS) is 28.8. The summed E-state index contributed by atoms with van der Waals surface area (Å²) in [5.74, 6) is -1.64. The molecule has 0 unspecified atom stereocenters. The summed E-state index contributed by atoms with van der Waals surface area (Å²) in [6, 6.07) is 4.05. The minimum absolute atomic E-state index is 0.0247. The van der Waals surface area contributed by atoms with Crippen molar-refractivity contribution in [2.45, 2.75) is 31.2 Å². The molecule has 5 heteroatoms.